The zero-order chi connectivity index (χ0) is 9.38. The molecule has 0 unspecified atom stereocenters. The van der Waals surface area contributed by atoms with Crippen LogP contribution in [0.5, 0.6) is 0 Å². The van der Waals surface area contributed by atoms with Crippen molar-refractivity contribution in [1.29, 1.82) is 0 Å². The molecular formula is C12H12NS. The van der Waals surface area contributed by atoms with E-state index in [4.69, 9.17) is 0 Å². The zero-order valence-corrected chi connectivity index (χ0v) is 8.74. The predicted octanol–water partition coefficient (Wildman–Crippen LogP) is 3.09. The monoisotopic (exact) mass is 202 g/mol. The van der Waals surface area contributed by atoms with Crippen LogP contribution in [0.1, 0.15) is 5.69 Å². The van der Waals surface area contributed by atoms with Crippen molar-refractivity contribution in [2.24, 2.45) is 0 Å². The first kappa shape index (κ1) is 8.18. The Hall–Kier alpha value is -1.15. The molecular weight excluding hydrogens is 190 g/mol. The lowest BCUT2D eigenvalue weighted by molar-refractivity contribution is 1.02. The third-order valence-corrected chi connectivity index (χ3v) is 3.47. The summed E-state index contributed by atoms with van der Waals surface area (Å²) in [7, 11) is 0. The van der Waals surface area contributed by atoms with Crippen LogP contribution in [0.25, 0.3) is 17.1 Å². The number of rotatable bonds is 0. The Morgan fingerprint density at radius 1 is 1.21 bits per heavy atom. The van der Waals surface area contributed by atoms with Gasteiger partial charge in [0.05, 0.1) is 5.52 Å². The zero-order valence-electron chi connectivity index (χ0n) is 7.85. The molecule has 0 fully saturated rings. The number of hydrogen-bond acceptors (Lipinski definition) is 0. The van der Waals surface area contributed by atoms with E-state index in [1.54, 1.807) is 0 Å². The molecule has 1 aromatic carbocycles. The Balaban J connectivity index is 2.34. The van der Waals surface area contributed by atoms with Crippen LogP contribution in [0.4, 0.5) is 0 Å². The minimum atomic E-state index is 1.18. The first-order valence-corrected chi connectivity index (χ1v) is 6.02. The molecule has 3 rings (SSSR count). The van der Waals surface area contributed by atoms with E-state index in [2.05, 4.69) is 46.5 Å². The number of benzene rings is 1. The summed E-state index contributed by atoms with van der Waals surface area (Å²) in [5.74, 6) is 1.24. The number of aromatic nitrogens is 1. The van der Waals surface area contributed by atoms with Crippen molar-refractivity contribution in [2.75, 3.05) is 5.75 Å². The number of aryl methyl sites for hydroxylation is 1. The first-order chi connectivity index (χ1) is 6.95. The summed E-state index contributed by atoms with van der Waals surface area (Å²) in [6, 6.07) is 10.9. The second kappa shape index (κ2) is 3.21. The fourth-order valence-corrected chi connectivity index (χ4v) is 2.70. The van der Waals surface area contributed by atoms with Crippen LogP contribution in [0, 0.1) is 0 Å². The van der Waals surface area contributed by atoms with E-state index < -0.39 is 0 Å². The Kier molecular flexibility index (Phi) is 1.88. The molecule has 1 aliphatic rings. The average Bonchev–Trinajstić information content (AvgIpc) is 2.42. The van der Waals surface area contributed by atoms with Crippen molar-refractivity contribution < 1.29 is 0 Å². The van der Waals surface area contributed by atoms with E-state index in [-0.39, 0.29) is 0 Å². The van der Waals surface area contributed by atoms with Gasteiger partial charge in [0, 0.05) is 17.3 Å². The molecule has 0 amide bonds. The molecule has 0 spiro atoms. The summed E-state index contributed by atoms with van der Waals surface area (Å²) in [5.41, 5.74) is 2.77. The molecule has 0 aliphatic carbocycles. The summed E-state index contributed by atoms with van der Waals surface area (Å²) < 4.78 is 2.31. The number of hydrogen-bond donors (Lipinski definition) is 1. The van der Waals surface area contributed by atoms with Crippen LogP contribution in [0.15, 0.2) is 35.7 Å². The molecule has 1 aromatic heterocycles. The fourth-order valence-electron chi connectivity index (χ4n) is 1.97. The highest BCUT2D eigenvalue weighted by atomic mass is 32.2. The summed E-state index contributed by atoms with van der Waals surface area (Å²) in [6.45, 7) is 0. The summed E-state index contributed by atoms with van der Waals surface area (Å²) in [4.78, 5) is 0. The van der Waals surface area contributed by atoms with Gasteiger partial charge in [-0.1, -0.05) is 18.2 Å². The van der Waals surface area contributed by atoms with Gasteiger partial charge in [0.25, 0.3) is 0 Å². The minimum absolute atomic E-state index is 1.18. The van der Waals surface area contributed by atoms with Gasteiger partial charge in [0.2, 0.25) is 0 Å². The van der Waals surface area contributed by atoms with Gasteiger partial charge in [-0.25, -0.2) is 0 Å². The van der Waals surface area contributed by atoms with E-state index in [0.717, 1.165) is 0 Å². The summed E-state index contributed by atoms with van der Waals surface area (Å²) >= 11 is 1.43. The molecule has 1 aliphatic heterocycles. The van der Waals surface area contributed by atoms with Crippen LogP contribution >= 0.6 is 11.8 Å². The second-order valence-corrected chi connectivity index (χ2v) is 4.63. The van der Waals surface area contributed by atoms with E-state index in [9.17, 15) is 0 Å². The highest BCUT2D eigenvalue weighted by Crippen LogP contribution is 2.24. The van der Waals surface area contributed by atoms with Gasteiger partial charge in [0.1, 0.15) is 0 Å². The lowest BCUT2D eigenvalue weighted by Gasteiger charge is -2.00. The molecule has 2 aromatic rings. The third-order valence-electron chi connectivity index (χ3n) is 2.65. The average molecular weight is 202 g/mol. The fraction of sp³-hybridized carbons (Fsp3) is 0.167. The van der Waals surface area contributed by atoms with Gasteiger partial charge in [-0.2, -0.15) is 11.8 Å². The molecule has 71 valence electrons. The Bertz CT molecular complexity index is 496. The number of para-hydroxylation sites is 1. The van der Waals surface area contributed by atoms with Gasteiger partial charge < -0.3 is 4.57 Å². The quantitative estimate of drug-likeness (QED) is 0.626. The Labute approximate surface area is 87.4 Å². The van der Waals surface area contributed by atoms with Gasteiger partial charge >= 0.3 is 0 Å². The van der Waals surface area contributed by atoms with Crippen molar-refractivity contribution in [1.82, 2.24) is 4.57 Å². The Morgan fingerprint density at radius 2 is 2.14 bits per heavy atom. The molecule has 0 saturated carbocycles. The van der Waals surface area contributed by atoms with Crippen LogP contribution in [-0.2, 0) is 6.42 Å². The summed E-state index contributed by atoms with van der Waals surface area (Å²) in [5, 5.41) is 3.59. The van der Waals surface area contributed by atoms with Crippen LogP contribution < -0.4 is 0 Å². The molecule has 0 N–H and O–H groups in total. The maximum atomic E-state index is 2.31. The van der Waals surface area contributed by atoms with Crippen molar-refractivity contribution >= 4 is 28.9 Å². The van der Waals surface area contributed by atoms with E-state index in [1.807, 2.05) is 0 Å². The van der Waals surface area contributed by atoms with Gasteiger partial charge in [-0.15, -0.1) is 0 Å². The maximum Gasteiger partial charge on any atom is 0.0525 e. The molecule has 0 saturated heterocycles. The lowest BCUT2D eigenvalue weighted by Crippen LogP contribution is -1.93. The molecule has 1 nitrogen and oxygen atoms in total. The van der Waals surface area contributed by atoms with Crippen molar-refractivity contribution in [3.63, 3.8) is 0 Å². The normalized spacial score (nSPS) is 15.4. The highest BCUT2D eigenvalue weighted by Gasteiger charge is 2.07. The van der Waals surface area contributed by atoms with E-state index in [1.165, 1.54) is 40.5 Å². The smallest absolute Gasteiger partial charge is 0.0525 e. The number of fused-ring (bicyclic) bond motifs is 3. The first-order valence-electron chi connectivity index (χ1n) is 4.87. The van der Waals surface area contributed by atoms with Crippen molar-refractivity contribution in [2.45, 2.75) is 6.42 Å². The van der Waals surface area contributed by atoms with Gasteiger partial charge in [-0.3, -0.25) is 0 Å². The van der Waals surface area contributed by atoms with E-state index >= 15 is 0 Å². The highest BCUT2D eigenvalue weighted by molar-refractivity contribution is 8.02. The topological polar surface area (TPSA) is 4.93 Å². The number of thiol groups is 1. The molecule has 2 heteroatoms. The third kappa shape index (κ3) is 1.18. The van der Waals surface area contributed by atoms with Crippen molar-refractivity contribution in [3.8, 4) is 0 Å². The van der Waals surface area contributed by atoms with Crippen LogP contribution in [0.3, 0.4) is 0 Å². The molecule has 14 heavy (non-hydrogen) atoms. The SMILES string of the molecule is C1=Cn2c(cc3ccccc32)CC[SH]1. The minimum Gasteiger partial charge on any atom is -0.320 e. The van der Waals surface area contributed by atoms with Crippen LogP contribution in [-0.4, -0.2) is 10.3 Å². The van der Waals surface area contributed by atoms with Crippen molar-refractivity contribution in [3.05, 3.63) is 41.4 Å². The molecule has 2 heterocycles. The predicted molar refractivity (Wildman–Crippen MR) is 64.8 cm³/mol. The summed E-state index contributed by atoms with van der Waals surface area (Å²) in [6.07, 6.45) is 3.38. The van der Waals surface area contributed by atoms with Gasteiger partial charge in [0.15, 0.2) is 0 Å². The van der Waals surface area contributed by atoms with E-state index in [0.29, 0.717) is 0 Å². The molecule has 1 radical (unpaired) electrons. The van der Waals surface area contributed by atoms with Gasteiger partial charge in [-0.05, 0) is 29.7 Å². The maximum absolute atomic E-state index is 2.31. The molecule has 0 bridgehead atoms. The second-order valence-electron chi connectivity index (χ2n) is 3.52. The Morgan fingerprint density at radius 3 is 3.14 bits per heavy atom. The standard InChI is InChI=1S/C12H12NS/c1-2-4-12-10(3-1)9-11-5-7-14-8-6-13(11)12/h1-4,6,8-9,14H,5,7H2. The largest absolute Gasteiger partial charge is 0.320 e. The molecule has 0 atom stereocenters. The lowest BCUT2D eigenvalue weighted by atomic mass is 10.2. The van der Waals surface area contributed by atoms with Crippen LogP contribution in [0.2, 0.25) is 0 Å². The number of nitrogens with zero attached hydrogens (tertiary/aromatic N) is 1.